The van der Waals surface area contributed by atoms with Gasteiger partial charge in [0.1, 0.15) is 5.75 Å². The Bertz CT molecular complexity index is 563. The fraction of sp³-hybridized carbons (Fsp3) is 0.667. The van der Waals surface area contributed by atoms with Gasteiger partial charge in [0, 0.05) is 31.6 Å². The molecule has 3 aliphatic heterocycles. The van der Waals surface area contributed by atoms with Gasteiger partial charge in [-0.25, -0.2) is 0 Å². The number of para-hydroxylation sites is 1. The molecule has 1 aromatic rings. The third kappa shape index (κ3) is 4.92. The van der Waals surface area contributed by atoms with E-state index in [9.17, 15) is 4.79 Å². The van der Waals surface area contributed by atoms with Crippen LogP contribution < -0.4 is 10.1 Å². The maximum atomic E-state index is 12.7. The molecule has 3 aliphatic rings. The number of hydrogen-bond acceptors (Lipinski definition) is 3. The van der Waals surface area contributed by atoms with Gasteiger partial charge in [-0.2, -0.15) is 0 Å². The number of nitrogens with zero attached hydrogens (tertiary/aromatic N) is 1. The summed E-state index contributed by atoms with van der Waals surface area (Å²) < 4.78 is 5.88. The molecule has 144 valence electrons. The van der Waals surface area contributed by atoms with Gasteiger partial charge in [-0.15, -0.1) is 12.4 Å². The first kappa shape index (κ1) is 19.5. The summed E-state index contributed by atoms with van der Waals surface area (Å²) in [7, 11) is 0. The molecule has 0 radical (unpaired) electrons. The van der Waals surface area contributed by atoms with Gasteiger partial charge in [0.2, 0.25) is 5.91 Å². The molecule has 4 nitrogen and oxygen atoms in total. The van der Waals surface area contributed by atoms with Crippen LogP contribution in [-0.4, -0.2) is 42.6 Å². The van der Waals surface area contributed by atoms with Crippen LogP contribution in [0.4, 0.5) is 0 Å². The molecule has 1 amide bonds. The summed E-state index contributed by atoms with van der Waals surface area (Å²) in [4.78, 5) is 14.8. The van der Waals surface area contributed by atoms with Gasteiger partial charge < -0.3 is 15.0 Å². The number of carbonyl (C=O) groups excluding carboxylic acids is 1. The van der Waals surface area contributed by atoms with Crippen LogP contribution in [0.3, 0.4) is 0 Å². The highest BCUT2D eigenvalue weighted by Gasteiger charge is 2.35. The first-order valence-corrected chi connectivity index (χ1v) is 9.98. The Hall–Kier alpha value is -1.26. The van der Waals surface area contributed by atoms with Crippen molar-refractivity contribution in [2.75, 3.05) is 19.7 Å². The first-order valence-electron chi connectivity index (χ1n) is 9.98. The minimum absolute atomic E-state index is 0. The van der Waals surface area contributed by atoms with E-state index in [1.54, 1.807) is 0 Å². The molecule has 2 bridgehead atoms. The van der Waals surface area contributed by atoms with Crippen molar-refractivity contribution in [2.24, 2.45) is 11.8 Å². The molecule has 0 saturated carbocycles. The normalized spacial score (nSPS) is 28.5. The molecule has 2 atom stereocenters. The number of rotatable bonds is 5. The average Bonchev–Trinajstić information content (AvgIpc) is 2.99. The van der Waals surface area contributed by atoms with Crippen molar-refractivity contribution in [3.8, 4) is 5.75 Å². The summed E-state index contributed by atoms with van der Waals surface area (Å²) in [6.45, 7) is 2.57. The number of benzene rings is 1. The van der Waals surface area contributed by atoms with Gasteiger partial charge in [-0.05, 0) is 62.5 Å². The van der Waals surface area contributed by atoms with E-state index in [1.165, 1.54) is 25.7 Å². The maximum Gasteiger partial charge on any atom is 0.222 e. The number of ether oxygens (including phenoxy) is 1. The van der Waals surface area contributed by atoms with Crippen molar-refractivity contribution in [3.63, 3.8) is 0 Å². The van der Waals surface area contributed by atoms with Gasteiger partial charge in [0.05, 0.1) is 6.61 Å². The molecular weight excluding hydrogens is 348 g/mol. The molecule has 2 unspecified atom stereocenters. The summed E-state index contributed by atoms with van der Waals surface area (Å²) in [5, 5.41) is 3.67. The molecule has 0 aromatic heterocycles. The van der Waals surface area contributed by atoms with E-state index in [2.05, 4.69) is 10.2 Å². The smallest absolute Gasteiger partial charge is 0.222 e. The van der Waals surface area contributed by atoms with Gasteiger partial charge in [0.15, 0.2) is 0 Å². The molecule has 0 spiro atoms. The van der Waals surface area contributed by atoms with Crippen molar-refractivity contribution >= 4 is 18.3 Å². The number of fused-ring (bicyclic) bond motifs is 2. The second-order valence-electron chi connectivity index (χ2n) is 8.13. The third-order valence-corrected chi connectivity index (χ3v) is 6.23. The Morgan fingerprint density at radius 2 is 1.65 bits per heavy atom. The van der Waals surface area contributed by atoms with E-state index in [0.717, 1.165) is 44.7 Å². The van der Waals surface area contributed by atoms with Crippen LogP contribution in [0.25, 0.3) is 0 Å². The molecule has 5 heteroatoms. The minimum atomic E-state index is 0. The number of halogens is 1. The van der Waals surface area contributed by atoms with Crippen molar-refractivity contribution in [1.29, 1.82) is 0 Å². The van der Waals surface area contributed by atoms with Crippen molar-refractivity contribution < 1.29 is 9.53 Å². The zero-order chi connectivity index (χ0) is 17.1. The van der Waals surface area contributed by atoms with Crippen LogP contribution >= 0.6 is 12.4 Å². The molecule has 0 aliphatic carbocycles. The standard InChI is InChI=1S/C21H30N2O2.ClH/c24-21(14-17-12-18-6-7-19(13-17)22-18)23-10-8-16(9-11-23)15-25-20-4-2-1-3-5-20;/h1-5,16-19,22H,6-15H2;1H. The van der Waals surface area contributed by atoms with Gasteiger partial charge >= 0.3 is 0 Å². The summed E-state index contributed by atoms with van der Waals surface area (Å²) in [6, 6.07) is 11.4. The highest BCUT2D eigenvalue weighted by molar-refractivity contribution is 5.85. The SMILES string of the molecule is Cl.O=C(CC1CC2CCC(C1)N2)N1CCC(COc2ccccc2)CC1. The fourth-order valence-electron chi connectivity index (χ4n) is 4.80. The Balaban J connectivity index is 0.00000196. The van der Waals surface area contributed by atoms with Crippen LogP contribution in [-0.2, 0) is 4.79 Å². The Labute approximate surface area is 163 Å². The van der Waals surface area contributed by atoms with E-state index >= 15 is 0 Å². The lowest BCUT2D eigenvalue weighted by atomic mass is 9.88. The number of nitrogens with one attached hydrogen (secondary N) is 1. The second-order valence-corrected chi connectivity index (χ2v) is 8.13. The second kappa shape index (κ2) is 9.09. The summed E-state index contributed by atoms with van der Waals surface area (Å²) in [5.74, 6) is 2.50. The topological polar surface area (TPSA) is 41.6 Å². The Morgan fingerprint density at radius 3 is 2.31 bits per heavy atom. The van der Waals surface area contributed by atoms with Gasteiger partial charge in [0.25, 0.3) is 0 Å². The third-order valence-electron chi connectivity index (χ3n) is 6.23. The van der Waals surface area contributed by atoms with Crippen molar-refractivity contribution in [3.05, 3.63) is 30.3 Å². The predicted octanol–water partition coefficient (Wildman–Crippen LogP) is 3.65. The van der Waals surface area contributed by atoms with E-state index in [1.807, 2.05) is 30.3 Å². The van der Waals surface area contributed by atoms with E-state index < -0.39 is 0 Å². The number of piperidine rings is 2. The van der Waals surface area contributed by atoms with Crippen LogP contribution in [0, 0.1) is 11.8 Å². The Kier molecular flexibility index (Phi) is 6.82. The summed E-state index contributed by atoms with van der Waals surface area (Å²) in [6.07, 6.45) is 7.91. The fourth-order valence-corrected chi connectivity index (χ4v) is 4.80. The predicted molar refractivity (Wildman–Crippen MR) is 106 cm³/mol. The van der Waals surface area contributed by atoms with Crippen molar-refractivity contribution in [1.82, 2.24) is 10.2 Å². The molecular formula is C21H31ClN2O2. The van der Waals surface area contributed by atoms with E-state index in [-0.39, 0.29) is 12.4 Å². The van der Waals surface area contributed by atoms with Crippen LogP contribution in [0.5, 0.6) is 5.75 Å². The largest absolute Gasteiger partial charge is 0.493 e. The molecule has 26 heavy (non-hydrogen) atoms. The molecule has 3 heterocycles. The molecule has 1 N–H and O–H groups in total. The van der Waals surface area contributed by atoms with Crippen molar-refractivity contribution in [2.45, 2.75) is 57.0 Å². The van der Waals surface area contributed by atoms with Gasteiger partial charge in [-0.3, -0.25) is 4.79 Å². The number of hydrogen-bond donors (Lipinski definition) is 1. The van der Waals surface area contributed by atoms with E-state index in [4.69, 9.17) is 4.74 Å². The molecule has 3 saturated heterocycles. The number of likely N-dealkylation sites (tertiary alicyclic amines) is 1. The van der Waals surface area contributed by atoms with Crippen LogP contribution in [0.1, 0.15) is 44.9 Å². The average molecular weight is 379 g/mol. The summed E-state index contributed by atoms with van der Waals surface area (Å²) >= 11 is 0. The quantitative estimate of drug-likeness (QED) is 0.850. The lowest BCUT2D eigenvalue weighted by Gasteiger charge is -2.34. The lowest BCUT2D eigenvalue weighted by molar-refractivity contribution is -0.134. The zero-order valence-electron chi connectivity index (χ0n) is 15.4. The minimum Gasteiger partial charge on any atom is -0.493 e. The lowest BCUT2D eigenvalue weighted by Crippen LogP contribution is -2.43. The summed E-state index contributed by atoms with van der Waals surface area (Å²) in [5.41, 5.74) is 0. The Morgan fingerprint density at radius 1 is 1.00 bits per heavy atom. The number of amides is 1. The molecule has 4 rings (SSSR count). The van der Waals surface area contributed by atoms with Crippen LogP contribution in [0.2, 0.25) is 0 Å². The number of carbonyl (C=O) groups is 1. The molecule has 3 fully saturated rings. The van der Waals surface area contributed by atoms with E-state index in [0.29, 0.717) is 29.8 Å². The highest BCUT2D eigenvalue weighted by atomic mass is 35.5. The zero-order valence-corrected chi connectivity index (χ0v) is 16.3. The first-order chi connectivity index (χ1) is 12.3. The maximum absolute atomic E-state index is 12.7. The molecule has 1 aromatic carbocycles. The van der Waals surface area contributed by atoms with Crippen LogP contribution in [0.15, 0.2) is 30.3 Å². The van der Waals surface area contributed by atoms with Gasteiger partial charge in [-0.1, -0.05) is 18.2 Å². The monoisotopic (exact) mass is 378 g/mol. The highest BCUT2D eigenvalue weighted by Crippen LogP contribution is 2.33.